The number of hydrogen-bond acceptors (Lipinski definition) is 11. The fraction of sp³-hybridized carbons (Fsp3) is 0.702. The van der Waals surface area contributed by atoms with Crippen molar-refractivity contribution in [2.75, 3.05) is 33.5 Å². The van der Waals surface area contributed by atoms with Crippen molar-refractivity contribution in [3.05, 3.63) is 58.0 Å². The molecule has 1 aromatic heterocycles. The summed E-state index contributed by atoms with van der Waals surface area (Å²) >= 11 is 0. The standard InChI is InChI=1S/C47H74N2O11Si/c1-28(2)21-32(23-40(50)51)44(53)57-26-39-37(24-34-35(30(5)15-14-20-55-11)25-56-38(34)22-29(3)4)49-43(59-39)36-19-18-33(48-36)17-16-31(6)41-42(52)47(10,45(54)60-41)27-58-61(12,13)46(7,8)9/h16,18-19,24,28-29,32,37-39,41-42,48,52H,14-15,17,20-23,25-27H2,1-13H3,(H,50,51)/b31-16+,34-24-,35-30+/t32-,37+,38-,39+,41-,42-,47+/m0/s1. The second-order valence-electron chi connectivity index (χ2n) is 19.8. The van der Waals surface area contributed by atoms with Crippen LogP contribution in [-0.4, -0.2) is 111 Å². The van der Waals surface area contributed by atoms with Crippen molar-refractivity contribution in [2.45, 2.75) is 156 Å². The molecule has 0 aromatic carbocycles. The maximum Gasteiger partial charge on any atom is 0.317 e. The zero-order chi connectivity index (χ0) is 45.4. The molecule has 13 nitrogen and oxygen atoms in total. The highest BCUT2D eigenvalue weighted by molar-refractivity contribution is 6.74. The number of rotatable bonds is 21. The predicted molar refractivity (Wildman–Crippen MR) is 238 cm³/mol. The van der Waals surface area contributed by atoms with Gasteiger partial charge < -0.3 is 43.3 Å². The first kappa shape index (κ1) is 50.1. The second kappa shape index (κ2) is 21.2. The number of aliphatic hydroxyl groups is 1. The van der Waals surface area contributed by atoms with Crippen LogP contribution in [0, 0.1) is 23.2 Å². The molecule has 4 rings (SSSR count). The third-order valence-corrected chi connectivity index (χ3v) is 17.1. The third-order valence-electron chi connectivity index (χ3n) is 12.6. The first-order valence-corrected chi connectivity index (χ1v) is 24.9. The minimum absolute atomic E-state index is 0.0481. The number of aromatic nitrogens is 1. The summed E-state index contributed by atoms with van der Waals surface area (Å²) in [5.41, 5.74) is 4.46. The van der Waals surface area contributed by atoms with Crippen LogP contribution in [0.3, 0.4) is 0 Å². The minimum Gasteiger partial charge on any atom is -0.481 e. The number of nitrogens with one attached hydrogen (secondary N) is 1. The number of aliphatic imine (C=N–C) groups is 1. The topological polar surface area (TPSA) is 175 Å². The molecule has 0 saturated carbocycles. The normalized spacial score (nSPS) is 26.9. The Morgan fingerprint density at radius 2 is 1.82 bits per heavy atom. The lowest BCUT2D eigenvalue weighted by atomic mass is 9.83. The van der Waals surface area contributed by atoms with Gasteiger partial charge in [0.25, 0.3) is 0 Å². The Morgan fingerprint density at radius 1 is 1.11 bits per heavy atom. The molecule has 4 heterocycles. The van der Waals surface area contributed by atoms with E-state index >= 15 is 0 Å². The SMILES string of the molecule is COCCC/C(C)=C1\CO[C@@H](CC(C)C)\C1=C/[C@H]1N=C(c2ccc(C/C=C(\C)[C@@H]3OC(=O)[C@](C)(CO[Si](C)(C)C(C)(C)C)[C@H]3O)[nH]2)O[C@@H]1COC(=O)[C@H](CC(=O)O)CC(C)C. The van der Waals surface area contributed by atoms with Crippen LogP contribution < -0.4 is 0 Å². The minimum atomic E-state index is -2.18. The Hall–Kier alpha value is -3.56. The number of carbonyl (C=O) groups is 3. The Kier molecular flexibility index (Phi) is 17.4. The van der Waals surface area contributed by atoms with E-state index in [1.54, 1.807) is 14.0 Å². The first-order valence-electron chi connectivity index (χ1n) is 22.0. The van der Waals surface area contributed by atoms with Crippen LogP contribution in [0.5, 0.6) is 0 Å². The fourth-order valence-corrected chi connectivity index (χ4v) is 8.73. The molecule has 3 aliphatic rings. The van der Waals surface area contributed by atoms with Crippen molar-refractivity contribution in [2.24, 2.45) is 28.2 Å². The van der Waals surface area contributed by atoms with Gasteiger partial charge in [0.05, 0.1) is 31.7 Å². The number of H-pyrrole nitrogens is 1. The van der Waals surface area contributed by atoms with Crippen molar-refractivity contribution in [1.82, 2.24) is 4.98 Å². The van der Waals surface area contributed by atoms with Crippen LogP contribution in [0.15, 0.2) is 51.6 Å². The lowest BCUT2D eigenvalue weighted by Crippen LogP contribution is -2.48. The molecule has 14 heteroatoms. The van der Waals surface area contributed by atoms with Crippen molar-refractivity contribution in [3.63, 3.8) is 0 Å². The number of carboxylic acids is 1. The largest absolute Gasteiger partial charge is 0.481 e. The van der Waals surface area contributed by atoms with E-state index in [2.05, 4.69) is 65.7 Å². The van der Waals surface area contributed by atoms with Gasteiger partial charge in [-0.05, 0) is 111 Å². The van der Waals surface area contributed by atoms with E-state index in [9.17, 15) is 24.6 Å². The van der Waals surface area contributed by atoms with E-state index in [1.165, 1.54) is 5.57 Å². The average Bonchev–Trinajstić information content (AvgIpc) is 3.95. The van der Waals surface area contributed by atoms with Gasteiger partial charge in [-0.1, -0.05) is 60.1 Å². The predicted octanol–water partition coefficient (Wildman–Crippen LogP) is 8.13. The monoisotopic (exact) mass is 871 g/mol. The van der Waals surface area contributed by atoms with Gasteiger partial charge in [-0.15, -0.1) is 0 Å². The van der Waals surface area contributed by atoms with Crippen LogP contribution in [0.25, 0.3) is 0 Å². The first-order chi connectivity index (χ1) is 28.5. The fourth-order valence-electron chi connectivity index (χ4n) is 7.64. The van der Waals surface area contributed by atoms with Crippen molar-refractivity contribution < 1.29 is 52.7 Å². The summed E-state index contributed by atoms with van der Waals surface area (Å²) in [5.74, 6) is -2.02. The second-order valence-corrected chi connectivity index (χ2v) is 24.6. The molecule has 0 amide bonds. The molecule has 0 aliphatic carbocycles. The number of allylic oxidation sites excluding steroid dienone is 2. The summed E-state index contributed by atoms with van der Waals surface area (Å²) < 4.78 is 36.1. The number of aromatic amines is 1. The summed E-state index contributed by atoms with van der Waals surface area (Å²) in [6.45, 7) is 25.7. The molecule has 7 atom stereocenters. The van der Waals surface area contributed by atoms with Crippen molar-refractivity contribution in [1.29, 1.82) is 0 Å². The lowest BCUT2D eigenvalue weighted by Gasteiger charge is -2.38. The van der Waals surface area contributed by atoms with E-state index in [4.69, 9.17) is 33.1 Å². The molecule has 2 fully saturated rings. The van der Waals surface area contributed by atoms with Gasteiger partial charge in [0, 0.05) is 25.8 Å². The highest BCUT2D eigenvalue weighted by Crippen LogP contribution is 2.42. The molecule has 0 spiro atoms. The zero-order valence-electron chi connectivity index (χ0n) is 39.0. The molecule has 0 unspecified atom stereocenters. The smallest absolute Gasteiger partial charge is 0.317 e. The number of carbonyl (C=O) groups excluding carboxylic acids is 2. The summed E-state index contributed by atoms with van der Waals surface area (Å²) in [4.78, 5) is 46.6. The number of aliphatic hydroxyl groups excluding tert-OH is 1. The van der Waals surface area contributed by atoms with Gasteiger partial charge in [0.2, 0.25) is 5.90 Å². The number of nitrogens with zero attached hydrogens (tertiary/aromatic N) is 1. The molecular weight excluding hydrogens is 797 g/mol. The number of hydrogen-bond donors (Lipinski definition) is 3. The van der Waals surface area contributed by atoms with Crippen molar-refractivity contribution in [3.8, 4) is 0 Å². The number of aliphatic carboxylic acids is 1. The zero-order valence-corrected chi connectivity index (χ0v) is 40.0. The molecular formula is C47H74N2O11Si. The Balaban J connectivity index is 1.59. The van der Waals surface area contributed by atoms with Gasteiger partial charge in [0.1, 0.15) is 36.0 Å². The maximum absolute atomic E-state index is 13.3. The highest BCUT2D eigenvalue weighted by Gasteiger charge is 2.55. The molecule has 0 radical (unpaired) electrons. The number of cyclic esters (lactones) is 1. The van der Waals surface area contributed by atoms with Gasteiger partial charge in [-0.2, -0.15) is 0 Å². The molecule has 0 bridgehead atoms. The molecule has 61 heavy (non-hydrogen) atoms. The van der Waals surface area contributed by atoms with Crippen molar-refractivity contribution >= 4 is 32.1 Å². The molecule has 1 aromatic rings. The van der Waals surface area contributed by atoms with Crippen LogP contribution >= 0.6 is 0 Å². The number of esters is 2. The van der Waals surface area contributed by atoms with E-state index in [0.717, 1.165) is 41.7 Å². The average molecular weight is 871 g/mol. The highest BCUT2D eigenvalue weighted by atomic mass is 28.4. The Labute approximate surface area is 364 Å². The quantitative estimate of drug-likeness (QED) is 0.0471. The summed E-state index contributed by atoms with van der Waals surface area (Å²) in [5, 5.41) is 20.9. The van der Waals surface area contributed by atoms with E-state index in [0.29, 0.717) is 43.6 Å². The number of methoxy groups -OCH3 is 1. The summed E-state index contributed by atoms with van der Waals surface area (Å²) in [7, 11) is -0.475. The van der Waals surface area contributed by atoms with Gasteiger partial charge >= 0.3 is 17.9 Å². The van der Waals surface area contributed by atoms with E-state index in [-0.39, 0.29) is 36.7 Å². The van der Waals surface area contributed by atoms with E-state index in [1.807, 2.05) is 39.0 Å². The van der Waals surface area contributed by atoms with Crippen LogP contribution in [0.2, 0.25) is 18.1 Å². The third kappa shape index (κ3) is 13.0. The van der Waals surface area contributed by atoms with Gasteiger partial charge in [-0.3, -0.25) is 14.4 Å². The van der Waals surface area contributed by atoms with Crippen LogP contribution in [0.4, 0.5) is 0 Å². The van der Waals surface area contributed by atoms with Crippen LogP contribution in [-0.2, 0) is 48.9 Å². The van der Waals surface area contributed by atoms with E-state index < -0.39 is 61.9 Å². The molecule has 3 N–H and O–H groups in total. The molecule has 3 aliphatic heterocycles. The molecule has 2 saturated heterocycles. The number of carboxylic acid groups (broad SMARTS) is 1. The molecule has 342 valence electrons. The van der Waals surface area contributed by atoms with Gasteiger partial charge in [-0.25, -0.2) is 4.99 Å². The lowest BCUT2D eigenvalue weighted by molar-refractivity contribution is -0.155. The Bertz CT molecular complexity index is 1820. The van der Waals surface area contributed by atoms with Crippen LogP contribution in [0.1, 0.15) is 113 Å². The number of ether oxygens (including phenoxy) is 5. The Morgan fingerprint density at radius 3 is 2.44 bits per heavy atom. The maximum atomic E-state index is 13.3. The summed E-state index contributed by atoms with van der Waals surface area (Å²) in [6.07, 6.45) is 4.47. The summed E-state index contributed by atoms with van der Waals surface area (Å²) in [6, 6.07) is 3.28. The van der Waals surface area contributed by atoms with Gasteiger partial charge in [0.15, 0.2) is 14.4 Å².